The predicted octanol–water partition coefficient (Wildman–Crippen LogP) is 1.73. The van der Waals surface area contributed by atoms with E-state index in [1.54, 1.807) is 21.6 Å². The molecule has 1 aromatic rings. The van der Waals surface area contributed by atoms with Gasteiger partial charge in [-0.1, -0.05) is 18.2 Å². The lowest BCUT2D eigenvalue weighted by Crippen LogP contribution is -2.46. The molecule has 0 N–H and O–H groups in total. The number of urea groups is 1. The standard InChI is InChI=1S/C19H25N3O4/c1-2-26-18(24)15-8-10-20(11-9-15)17(23)14-21-12-13-22(19(21)25)16-6-4-3-5-7-16/h3-7,15H,2,8-14H2,1H3. The largest absolute Gasteiger partial charge is 0.466 e. The smallest absolute Gasteiger partial charge is 0.325 e. The van der Waals surface area contributed by atoms with E-state index in [-0.39, 0.29) is 30.4 Å². The zero-order valence-electron chi connectivity index (χ0n) is 15.1. The van der Waals surface area contributed by atoms with Gasteiger partial charge >= 0.3 is 12.0 Å². The number of nitrogens with zero attached hydrogens (tertiary/aromatic N) is 3. The second-order valence-electron chi connectivity index (χ2n) is 6.60. The van der Waals surface area contributed by atoms with Gasteiger partial charge in [0.05, 0.1) is 12.5 Å². The van der Waals surface area contributed by atoms with Gasteiger partial charge in [0, 0.05) is 31.9 Å². The summed E-state index contributed by atoms with van der Waals surface area (Å²) in [6, 6.07) is 9.35. The summed E-state index contributed by atoms with van der Waals surface area (Å²) >= 11 is 0. The van der Waals surface area contributed by atoms with Crippen LogP contribution < -0.4 is 4.90 Å². The lowest BCUT2D eigenvalue weighted by atomic mass is 9.97. The number of hydrogen-bond acceptors (Lipinski definition) is 4. The Balaban J connectivity index is 1.50. The number of anilines is 1. The molecule has 0 bridgehead atoms. The molecule has 3 amide bonds. The Morgan fingerprint density at radius 2 is 1.77 bits per heavy atom. The van der Waals surface area contributed by atoms with Crippen LogP contribution in [0.1, 0.15) is 19.8 Å². The number of hydrogen-bond donors (Lipinski definition) is 0. The molecule has 0 aliphatic carbocycles. The average molecular weight is 359 g/mol. The topological polar surface area (TPSA) is 70.2 Å². The number of likely N-dealkylation sites (tertiary alicyclic amines) is 1. The SMILES string of the molecule is CCOC(=O)C1CCN(C(=O)CN2CCN(c3ccccc3)C2=O)CC1. The minimum atomic E-state index is -0.173. The van der Waals surface area contributed by atoms with E-state index < -0.39 is 0 Å². The fourth-order valence-corrected chi connectivity index (χ4v) is 3.46. The van der Waals surface area contributed by atoms with E-state index in [4.69, 9.17) is 4.74 Å². The van der Waals surface area contributed by atoms with Gasteiger partial charge in [0.15, 0.2) is 0 Å². The summed E-state index contributed by atoms with van der Waals surface area (Å²) in [6.07, 6.45) is 1.24. The summed E-state index contributed by atoms with van der Waals surface area (Å²) in [5.41, 5.74) is 0.850. The van der Waals surface area contributed by atoms with Crippen molar-refractivity contribution in [1.29, 1.82) is 0 Å². The van der Waals surface area contributed by atoms with Crippen LogP contribution in [0.15, 0.2) is 30.3 Å². The molecule has 3 rings (SSSR count). The summed E-state index contributed by atoms with van der Waals surface area (Å²) in [4.78, 5) is 41.9. The first-order chi connectivity index (χ1) is 12.6. The number of benzene rings is 1. The van der Waals surface area contributed by atoms with Crippen molar-refractivity contribution in [3.63, 3.8) is 0 Å². The molecule has 0 aromatic heterocycles. The van der Waals surface area contributed by atoms with Gasteiger partial charge in [0.1, 0.15) is 6.54 Å². The summed E-state index contributed by atoms with van der Waals surface area (Å²) in [5.74, 6) is -0.357. The summed E-state index contributed by atoms with van der Waals surface area (Å²) in [7, 11) is 0. The predicted molar refractivity (Wildman–Crippen MR) is 96.7 cm³/mol. The zero-order valence-corrected chi connectivity index (χ0v) is 15.1. The summed E-state index contributed by atoms with van der Waals surface area (Å²) in [6.45, 7) is 4.46. The van der Waals surface area contributed by atoms with Crippen molar-refractivity contribution in [1.82, 2.24) is 9.80 Å². The lowest BCUT2D eigenvalue weighted by molar-refractivity contribution is -0.151. The minimum Gasteiger partial charge on any atom is -0.466 e. The van der Waals surface area contributed by atoms with Crippen LogP contribution in [-0.2, 0) is 14.3 Å². The Labute approximate surface area is 153 Å². The maximum atomic E-state index is 12.6. The Morgan fingerprint density at radius 3 is 2.42 bits per heavy atom. The molecule has 0 atom stereocenters. The van der Waals surface area contributed by atoms with Crippen LogP contribution in [0.25, 0.3) is 0 Å². The zero-order chi connectivity index (χ0) is 18.5. The molecular formula is C19H25N3O4. The van der Waals surface area contributed by atoms with E-state index in [2.05, 4.69) is 0 Å². The number of rotatable bonds is 5. The van der Waals surface area contributed by atoms with Crippen LogP contribution in [0.4, 0.5) is 10.5 Å². The van der Waals surface area contributed by atoms with Gasteiger partial charge in [-0.3, -0.25) is 14.5 Å². The number of amides is 3. The summed E-state index contributed by atoms with van der Waals surface area (Å²) < 4.78 is 5.05. The molecule has 0 unspecified atom stereocenters. The first-order valence-electron chi connectivity index (χ1n) is 9.16. The van der Waals surface area contributed by atoms with Crippen LogP contribution in [0.3, 0.4) is 0 Å². The van der Waals surface area contributed by atoms with E-state index in [1.165, 1.54) is 0 Å². The van der Waals surface area contributed by atoms with Crippen LogP contribution >= 0.6 is 0 Å². The molecule has 7 nitrogen and oxygen atoms in total. The third-order valence-corrected chi connectivity index (χ3v) is 4.96. The third kappa shape index (κ3) is 3.98. The van der Waals surface area contributed by atoms with Gasteiger partial charge in [-0.15, -0.1) is 0 Å². The van der Waals surface area contributed by atoms with Gasteiger partial charge in [-0.25, -0.2) is 4.79 Å². The molecule has 2 aliphatic heterocycles. The maximum Gasteiger partial charge on any atom is 0.325 e. The monoisotopic (exact) mass is 359 g/mol. The van der Waals surface area contributed by atoms with Crippen molar-refractivity contribution in [3.8, 4) is 0 Å². The maximum absolute atomic E-state index is 12.6. The molecule has 2 heterocycles. The van der Waals surface area contributed by atoms with Crippen molar-refractivity contribution in [3.05, 3.63) is 30.3 Å². The molecule has 26 heavy (non-hydrogen) atoms. The molecule has 2 fully saturated rings. The van der Waals surface area contributed by atoms with E-state index in [0.717, 1.165) is 5.69 Å². The van der Waals surface area contributed by atoms with Crippen molar-refractivity contribution in [2.24, 2.45) is 5.92 Å². The average Bonchev–Trinajstić information content (AvgIpc) is 3.03. The number of carbonyl (C=O) groups excluding carboxylic acids is 3. The second-order valence-corrected chi connectivity index (χ2v) is 6.60. The Bertz CT molecular complexity index is 656. The van der Waals surface area contributed by atoms with Crippen molar-refractivity contribution in [2.75, 3.05) is 44.2 Å². The third-order valence-electron chi connectivity index (χ3n) is 4.96. The van der Waals surface area contributed by atoms with Crippen molar-refractivity contribution in [2.45, 2.75) is 19.8 Å². The van der Waals surface area contributed by atoms with Gasteiger partial charge in [0.25, 0.3) is 0 Å². The highest BCUT2D eigenvalue weighted by molar-refractivity contribution is 5.96. The van der Waals surface area contributed by atoms with E-state index >= 15 is 0 Å². The number of para-hydroxylation sites is 1. The van der Waals surface area contributed by atoms with Crippen LogP contribution in [0, 0.1) is 5.92 Å². The fraction of sp³-hybridized carbons (Fsp3) is 0.526. The Hall–Kier alpha value is -2.57. The van der Waals surface area contributed by atoms with Crippen LogP contribution in [0.2, 0.25) is 0 Å². The quantitative estimate of drug-likeness (QED) is 0.751. The van der Waals surface area contributed by atoms with Gasteiger partial charge in [-0.2, -0.15) is 0 Å². The molecule has 0 radical (unpaired) electrons. The second kappa shape index (κ2) is 8.21. The van der Waals surface area contributed by atoms with Gasteiger partial charge in [-0.05, 0) is 31.9 Å². The van der Waals surface area contributed by atoms with Crippen molar-refractivity contribution >= 4 is 23.6 Å². The van der Waals surface area contributed by atoms with Crippen LogP contribution in [-0.4, -0.2) is 67.0 Å². The highest BCUT2D eigenvalue weighted by Crippen LogP contribution is 2.21. The van der Waals surface area contributed by atoms with Crippen molar-refractivity contribution < 1.29 is 19.1 Å². The Morgan fingerprint density at radius 1 is 1.08 bits per heavy atom. The molecule has 140 valence electrons. The first kappa shape index (κ1) is 18.2. The van der Waals surface area contributed by atoms with E-state index in [9.17, 15) is 14.4 Å². The highest BCUT2D eigenvalue weighted by atomic mass is 16.5. The highest BCUT2D eigenvalue weighted by Gasteiger charge is 2.33. The molecular weight excluding hydrogens is 334 g/mol. The van der Waals surface area contributed by atoms with Gasteiger partial charge in [0.2, 0.25) is 5.91 Å². The van der Waals surface area contributed by atoms with E-state index in [1.807, 2.05) is 30.3 Å². The molecule has 7 heteroatoms. The number of ether oxygens (including phenoxy) is 1. The number of piperidine rings is 1. The number of carbonyl (C=O) groups is 3. The molecule has 2 saturated heterocycles. The lowest BCUT2D eigenvalue weighted by Gasteiger charge is -2.32. The van der Waals surface area contributed by atoms with Gasteiger partial charge < -0.3 is 14.5 Å². The fourth-order valence-electron chi connectivity index (χ4n) is 3.46. The molecule has 1 aromatic carbocycles. The van der Waals surface area contributed by atoms with Crippen LogP contribution in [0.5, 0.6) is 0 Å². The van der Waals surface area contributed by atoms with E-state index in [0.29, 0.717) is 45.6 Å². The first-order valence-corrected chi connectivity index (χ1v) is 9.16. The summed E-state index contributed by atoms with van der Waals surface area (Å²) in [5, 5.41) is 0. The molecule has 0 saturated carbocycles. The molecule has 2 aliphatic rings. The molecule has 0 spiro atoms. The Kier molecular flexibility index (Phi) is 5.75. The normalized spacial score (nSPS) is 18.3. The number of esters is 1. The minimum absolute atomic E-state index is 0.0597.